The number of hydrogen-bond donors (Lipinski definition) is 1. The van der Waals surface area contributed by atoms with Gasteiger partial charge in [0.2, 0.25) is 5.82 Å². The van der Waals surface area contributed by atoms with E-state index in [0.717, 1.165) is 19.3 Å². The molecule has 0 aliphatic heterocycles. The van der Waals surface area contributed by atoms with Crippen molar-refractivity contribution in [3.05, 3.63) is 11.6 Å². The number of aryl methyl sites for hydroxylation is 1. The number of amides is 1. The van der Waals surface area contributed by atoms with Crippen LogP contribution in [-0.4, -0.2) is 51.7 Å². The van der Waals surface area contributed by atoms with Crippen molar-refractivity contribution in [3.63, 3.8) is 0 Å². The lowest BCUT2D eigenvalue weighted by molar-refractivity contribution is -0.143. The lowest BCUT2D eigenvalue weighted by Crippen LogP contribution is -2.37. The molecular formula is C13H22N4O3. The van der Waals surface area contributed by atoms with Crippen molar-refractivity contribution < 1.29 is 14.3 Å². The van der Waals surface area contributed by atoms with Crippen molar-refractivity contribution in [3.8, 4) is 0 Å². The average Bonchev–Trinajstić information content (AvgIpc) is 2.87. The molecule has 0 radical (unpaired) electrons. The van der Waals surface area contributed by atoms with Crippen molar-refractivity contribution in [2.75, 3.05) is 19.7 Å². The first-order chi connectivity index (χ1) is 9.62. The van der Waals surface area contributed by atoms with Gasteiger partial charge in [-0.15, -0.1) is 5.10 Å². The number of esters is 1. The lowest BCUT2D eigenvalue weighted by atomic mass is 10.3. The molecule has 0 atom stereocenters. The Morgan fingerprint density at radius 1 is 1.25 bits per heavy atom. The van der Waals surface area contributed by atoms with E-state index in [1.54, 1.807) is 6.92 Å². The summed E-state index contributed by atoms with van der Waals surface area (Å²) in [4.78, 5) is 29.3. The average molecular weight is 282 g/mol. The molecule has 1 aromatic rings. The minimum Gasteiger partial charge on any atom is -0.465 e. The third-order valence-corrected chi connectivity index (χ3v) is 2.62. The SMILES string of the molecule is CCCc1nc(C(=O)N(CCC)CC(=O)OCC)n[nH]1. The van der Waals surface area contributed by atoms with Crippen LogP contribution in [0.4, 0.5) is 0 Å². The number of ether oxygens (including phenoxy) is 1. The molecule has 0 spiro atoms. The van der Waals surface area contributed by atoms with Gasteiger partial charge in [-0.2, -0.15) is 0 Å². The van der Waals surface area contributed by atoms with Gasteiger partial charge in [0.1, 0.15) is 12.4 Å². The van der Waals surface area contributed by atoms with Gasteiger partial charge in [0, 0.05) is 13.0 Å². The van der Waals surface area contributed by atoms with E-state index in [0.29, 0.717) is 19.0 Å². The largest absolute Gasteiger partial charge is 0.465 e. The Hall–Kier alpha value is -1.92. The zero-order valence-electron chi connectivity index (χ0n) is 12.3. The van der Waals surface area contributed by atoms with Crippen molar-refractivity contribution >= 4 is 11.9 Å². The van der Waals surface area contributed by atoms with E-state index in [4.69, 9.17) is 4.74 Å². The van der Waals surface area contributed by atoms with Crippen LogP contribution in [0, 0.1) is 0 Å². The van der Waals surface area contributed by atoms with Gasteiger partial charge in [-0.05, 0) is 19.8 Å². The summed E-state index contributed by atoms with van der Waals surface area (Å²) < 4.78 is 4.87. The molecule has 0 aliphatic rings. The summed E-state index contributed by atoms with van der Waals surface area (Å²) in [6.07, 6.45) is 2.41. The number of carbonyl (C=O) groups is 2. The molecule has 1 amide bonds. The highest BCUT2D eigenvalue weighted by atomic mass is 16.5. The van der Waals surface area contributed by atoms with Crippen molar-refractivity contribution in [2.24, 2.45) is 0 Å². The van der Waals surface area contributed by atoms with E-state index in [1.165, 1.54) is 4.90 Å². The summed E-state index contributed by atoms with van der Waals surface area (Å²) in [6, 6.07) is 0. The van der Waals surface area contributed by atoms with Crippen molar-refractivity contribution in [2.45, 2.75) is 40.0 Å². The zero-order valence-corrected chi connectivity index (χ0v) is 12.3. The number of nitrogens with one attached hydrogen (secondary N) is 1. The second-order valence-corrected chi connectivity index (χ2v) is 4.39. The smallest absolute Gasteiger partial charge is 0.325 e. The number of H-pyrrole nitrogens is 1. The molecule has 0 aromatic carbocycles. The number of carbonyl (C=O) groups excluding carboxylic acids is 2. The predicted molar refractivity (Wildman–Crippen MR) is 73.2 cm³/mol. The van der Waals surface area contributed by atoms with Gasteiger partial charge in [-0.1, -0.05) is 13.8 Å². The number of rotatable bonds is 8. The van der Waals surface area contributed by atoms with Crippen molar-refractivity contribution in [1.29, 1.82) is 0 Å². The Kier molecular flexibility index (Phi) is 6.69. The van der Waals surface area contributed by atoms with Crippen molar-refractivity contribution in [1.82, 2.24) is 20.1 Å². The fourth-order valence-electron chi connectivity index (χ4n) is 1.77. The highest BCUT2D eigenvalue weighted by Gasteiger charge is 2.22. The molecule has 1 aromatic heterocycles. The molecule has 112 valence electrons. The van der Waals surface area contributed by atoms with Gasteiger partial charge in [0.25, 0.3) is 5.91 Å². The second kappa shape index (κ2) is 8.29. The maximum absolute atomic E-state index is 12.3. The molecule has 0 fully saturated rings. The van der Waals surface area contributed by atoms with Crippen LogP contribution in [0.25, 0.3) is 0 Å². The number of hydrogen-bond acceptors (Lipinski definition) is 5. The third-order valence-electron chi connectivity index (χ3n) is 2.62. The monoisotopic (exact) mass is 282 g/mol. The summed E-state index contributed by atoms with van der Waals surface area (Å²) in [6.45, 7) is 6.39. The summed E-state index contributed by atoms with van der Waals surface area (Å²) in [5.41, 5.74) is 0. The first kappa shape index (κ1) is 16.1. The van der Waals surface area contributed by atoms with Crippen LogP contribution in [0.2, 0.25) is 0 Å². The van der Waals surface area contributed by atoms with Crippen LogP contribution in [0.15, 0.2) is 0 Å². The minimum absolute atomic E-state index is 0.0713. The molecule has 0 saturated carbocycles. The number of nitrogens with zero attached hydrogens (tertiary/aromatic N) is 3. The standard InChI is InChI=1S/C13H22N4O3/c1-4-7-10-14-12(16-15-10)13(19)17(8-5-2)9-11(18)20-6-3/h4-9H2,1-3H3,(H,14,15,16). The number of aromatic nitrogens is 3. The van der Waals surface area contributed by atoms with Crippen LogP contribution in [-0.2, 0) is 16.0 Å². The molecule has 0 aliphatic carbocycles. The van der Waals surface area contributed by atoms with Gasteiger partial charge >= 0.3 is 5.97 Å². The number of aromatic amines is 1. The summed E-state index contributed by atoms with van der Waals surface area (Å²) in [5, 5.41) is 6.65. The Bertz CT molecular complexity index is 445. The summed E-state index contributed by atoms with van der Waals surface area (Å²) in [5.74, 6) is 0.0201. The molecule has 7 heteroatoms. The van der Waals surface area contributed by atoms with E-state index in [2.05, 4.69) is 15.2 Å². The van der Waals surface area contributed by atoms with Gasteiger partial charge in [-0.25, -0.2) is 4.98 Å². The summed E-state index contributed by atoms with van der Waals surface area (Å²) in [7, 11) is 0. The fraction of sp³-hybridized carbons (Fsp3) is 0.692. The minimum atomic E-state index is -0.418. The highest BCUT2D eigenvalue weighted by molar-refractivity contribution is 5.92. The molecule has 1 rings (SSSR count). The maximum atomic E-state index is 12.3. The lowest BCUT2D eigenvalue weighted by Gasteiger charge is -2.19. The van der Waals surface area contributed by atoms with Crippen LogP contribution < -0.4 is 0 Å². The molecule has 1 heterocycles. The molecular weight excluding hydrogens is 260 g/mol. The Balaban J connectivity index is 2.73. The quantitative estimate of drug-likeness (QED) is 0.723. The van der Waals surface area contributed by atoms with Crippen LogP contribution in [0.1, 0.15) is 50.1 Å². The highest BCUT2D eigenvalue weighted by Crippen LogP contribution is 2.03. The normalized spacial score (nSPS) is 10.3. The Morgan fingerprint density at radius 3 is 2.60 bits per heavy atom. The van der Waals surface area contributed by atoms with Crippen LogP contribution in [0.3, 0.4) is 0 Å². The van der Waals surface area contributed by atoms with Gasteiger partial charge in [0.05, 0.1) is 6.61 Å². The Morgan fingerprint density at radius 2 is 2.00 bits per heavy atom. The molecule has 0 saturated heterocycles. The molecule has 1 N–H and O–H groups in total. The molecule has 0 unspecified atom stereocenters. The second-order valence-electron chi connectivity index (χ2n) is 4.39. The first-order valence-electron chi connectivity index (χ1n) is 6.98. The fourth-order valence-corrected chi connectivity index (χ4v) is 1.77. The first-order valence-corrected chi connectivity index (χ1v) is 6.98. The van der Waals surface area contributed by atoms with Gasteiger partial charge in [0.15, 0.2) is 0 Å². The zero-order chi connectivity index (χ0) is 15.0. The third kappa shape index (κ3) is 4.64. The van der Waals surface area contributed by atoms with Crippen LogP contribution in [0.5, 0.6) is 0 Å². The van der Waals surface area contributed by atoms with Gasteiger partial charge in [-0.3, -0.25) is 14.7 Å². The van der Waals surface area contributed by atoms with E-state index in [1.807, 2.05) is 13.8 Å². The predicted octanol–water partition coefficient (Wildman–Crippen LogP) is 1.17. The Labute approximate surface area is 118 Å². The van der Waals surface area contributed by atoms with E-state index in [9.17, 15) is 9.59 Å². The topological polar surface area (TPSA) is 88.2 Å². The van der Waals surface area contributed by atoms with E-state index in [-0.39, 0.29) is 18.3 Å². The van der Waals surface area contributed by atoms with E-state index >= 15 is 0 Å². The van der Waals surface area contributed by atoms with Crippen LogP contribution >= 0.6 is 0 Å². The maximum Gasteiger partial charge on any atom is 0.325 e. The van der Waals surface area contributed by atoms with E-state index < -0.39 is 5.97 Å². The molecule has 7 nitrogen and oxygen atoms in total. The molecule has 0 bridgehead atoms. The molecule has 20 heavy (non-hydrogen) atoms. The van der Waals surface area contributed by atoms with Gasteiger partial charge < -0.3 is 9.64 Å². The summed E-state index contributed by atoms with van der Waals surface area (Å²) >= 11 is 0.